The predicted molar refractivity (Wildman–Crippen MR) is 125 cm³/mol. The largest absolute Gasteiger partial charge is 0.508 e. The molecule has 0 saturated carbocycles. The minimum absolute atomic E-state index is 0.273. The lowest BCUT2D eigenvalue weighted by atomic mass is 10.1. The monoisotopic (exact) mass is 435 g/mol. The van der Waals surface area contributed by atoms with E-state index >= 15 is 0 Å². The van der Waals surface area contributed by atoms with Gasteiger partial charge in [0, 0.05) is 10.6 Å². The van der Waals surface area contributed by atoms with Crippen LogP contribution in [-0.2, 0) is 6.42 Å². The number of aryl methyl sites for hydroxylation is 1. The Hall–Kier alpha value is -2.82. The van der Waals surface area contributed by atoms with Crippen molar-refractivity contribution >= 4 is 22.9 Å². The lowest BCUT2D eigenvalue weighted by molar-refractivity contribution is 0.475. The van der Waals surface area contributed by atoms with Gasteiger partial charge in [0.2, 0.25) is 0 Å². The van der Waals surface area contributed by atoms with Crippen LogP contribution in [0.15, 0.2) is 72.8 Å². The van der Waals surface area contributed by atoms with E-state index in [0.29, 0.717) is 5.02 Å². The van der Waals surface area contributed by atoms with Crippen molar-refractivity contribution in [1.29, 1.82) is 0 Å². The number of thiazole rings is 1. The number of hydrogen-bond acceptors (Lipinski definition) is 4. The number of benzene rings is 3. The second kappa shape index (κ2) is 9.33. The highest BCUT2D eigenvalue weighted by Crippen LogP contribution is 2.37. The van der Waals surface area contributed by atoms with E-state index in [-0.39, 0.29) is 5.75 Å². The Bertz CT molecular complexity index is 1100. The molecule has 30 heavy (non-hydrogen) atoms. The summed E-state index contributed by atoms with van der Waals surface area (Å²) in [6, 6.07) is 22.6. The van der Waals surface area contributed by atoms with Gasteiger partial charge in [-0.05, 0) is 91.2 Å². The van der Waals surface area contributed by atoms with Crippen LogP contribution in [-0.4, -0.2) is 10.1 Å². The third kappa shape index (κ3) is 4.84. The Morgan fingerprint density at radius 3 is 2.10 bits per heavy atom. The minimum atomic E-state index is 0.273. The lowest BCUT2D eigenvalue weighted by Crippen LogP contribution is -1.89. The van der Waals surface area contributed by atoms with E-state index in [0.717, 1.165) is 52.6 Å². The molecule has 1 N–H and O–H groups in total. The number of phenolic OH excluding ortho intramolecular Hbond substituents is 1. The number of rotatable bonds is 7. The molecule has 0 unspecified atom stereocenters. The molecule has 0 fully saturated rings. The fourth-order valence-electron chi connectivity index (χ4n) is 3.13. The number of hydrogen-bond donors (Lipinski definition) is 1. The Labute approximate surface area is 185 Å². The van der Waals surface area contributed by atoms with Gasteiger partial charge in [0.1, 0.15) is 22.3 Å². The average molecular weight is 436 g/mol. The van der Waals surface area contributed by atoms with Gasteiger partial charge in [-0.2, -0.15) is 0 Å². The summed E-state index contributed by atoms with van der Waals surface area (Å²) in [5, 5.41) is 11.3. The smallest absolute Gasteiger partial charge is 0.127 e. The van der Waals surface area contributed by atoms with E-state index in [1.54, 1.807) is 23.5 Å². The molecule has 1 heterocycles. The van der Waals surface area contributed by atoms with Crippen LogP contribution in [0.2, 0.25) is 5.02 Å². The third-order valence-corrected chi connectivity index (χ3v) is 6.19. The van der Waals surface area contributed by atoms with Gasteiger partial charge in [-0.3, -0.25) is 0 Å². The van der Waals surface area contributed by atoms with Gasteiger partial charge in [0.25, 0.3) is 0 Å². The van der Waals surface area contributed by atoms with Crippen molar-refractivity contribution in [2.24, 2.45) is 0 Å². The quantitative estimate of drug-likeness (QED) is 0.320. The number of nitrogens with zero attached hydrogens (tertiary/aromatic N) is 1. The molecule has 0 spiro atoms. The number of unbranched alkanes of at least 4 members (excludes halogenated alkanes) is 1. The van der Waals surface area contributed by atoms with Crippen LogP contribution in [0.3, 0.4) is 0 Å². The predicted octanol–water partition coefficient (Wildman–Crippen LogP) is 7.97. The summed E-state index contributed by atoms with van der Waals surface area (Å²) in [6.45, 7) is 2.19. The van der Waals surface area contributed by atoms with Gasteiger partial charge in [-0.25, -0.2) is 4.98 Å². The first-order chi connectivity index (χ1) is 14.6. The van der Waals surface area contributed by atoms with E-state index in [1.807, 2.05) is 60.7 Å². The van der Waals surface area contributed by atoms with Gasteiger partial charge in [-0.15, -0.1) is 11.3 Å². The average Bonchev–Trinajstić information content (AvgIpc) is 3.19. The summed E-state index contributed by atoms with van der Waals surface area (Å²) < 4.78 is 5.89. The van der Waals surface area contributed by atoms with Crippen molar-refractivity contribution in [2.75, 3.05) is 0 Å². The maximum Gasteiger partial charge on any atom is 0.127 e. The van der Waals surface area contributed by atoms with Crippen molar-refractivity contribution < 1.29 is 9.84 Å². The van der Waals surface area contributed by atoms with Gasteiger partial charge in [0.05, 0.1) is 10.6 Å². The molecule has 0 bridgehead atoms. The van der Waals surface area contributed by atoms with E-state index in [1.165, 1.54) is 4.88 Å². The Morgan fingerprint density at radius 2 is 1.47 bits per heavy atom. The zero-order valence-corrected chi connectivity index (χ0v) is 18.2. The van der Waals surface area contributed by atoms with Gasteiger partial charge in [0.15, 0.2) is 0 Å². The SMILES string of the molecule is CCCCc1nc(-c2ccc(Oc3ccc(Cl)cc3)cc2)sc1-c1ccc(O)cc1. The molecule has 0 aliphatic heterocycles. The van der Waals surface area contributed by atoms with Gasteiger partial charge >= 0.3 is 0 Å². The Balaban J connectivity index is 1.59. The molecule has 0 amide bonds. The summed E-state index contributed by atoms with van der Waals surface area (Å²) in [5.74, 6) is 1.79. The first-order valence-electron chi connectivity index (χ1n) is 9.95. The molecule has 152 valence electrons. The minimum Gasteiger partial charge on any atom is -0.508 e. The summed E-state index contributed by atoms with van der Waals surface area (Å²) in [6.07, 6.45) is 3.17. The molecule has 0 aliphatic rings. The second-order valence-corrected chi connectivity index (χ2v) is 8.46. The topological polar surface area (TPSA) is 42.4 Å². The fourth-order valence-corrected chi connectivity index (χ4v) is 4.38. The van der Waals surface area contributed by atoms with Crippen molar-refractivity contribution in [3.8, 4) is 38.3 Å². The fraction of sp³-hybridized carbons (Fsp3) is 0.160. The Morgan fingerprint density at radius 1 is 0.867 bits per heavy atom. The van der Waals surface area contributed by atoms with Crippen molar-refractivity contribution in [1.82, 2.24) is 4.98 Å². The van der Waals surface area contributed by atoms with Crippen LogP contribution in [0.5, 0.6) is 17.2 Å². The molecule has 3 aromatic carbocycles. The molecular formula is C25H22ClNO2S. The van der Waals surface area contributed by atoms with Gasteiger partial charge < -0.3 is 9.84 Å². The number of aromatic hydroxyl groups is 1. The van der Waals surface area contributed by atoms with Crippen LogP contribution in [0.4, 0.5) is 0 Å². The van der Waals surface area contributed by atoms with E-state index in [4.69, 9.17) is 21.3 Å². The normalized spacial score (nSPS) is 10.9. The summed E-state index contributed by atoms with van der Waals surface area (Å²) in [4.78, 5) is 6.11. The van der Waals surface area contributed by atoms with Crippen LogP contribution in [0.25, 0.3) is 21.0 Å². The maximum atomic E-state index is 9.61. The Kier molecular flexibility index (Phi) is 6.36. The summed E-state index contributed by atoms with van der Waals surface area (Å²) in [7, 11) is 0. The zero-order chi connectivity index (χ0) is 20.9. The molecule has 0 aliphatic carbocycles. The standard InChI is InChI=1S/C25H22ClNO2S/c1-2-3-4-23-24(17-5-11-20(28)12-6-17)30-25(27-23)18-7-13-21(14-8-18)29-22-15-9-19(26)10-16-22/h5-16,28H,2-4H2,1H3. The highest BCUT2D eigenvalue weighted by molar-refractivity contribution is 7.18. The highest BCUT2D eigenvalue weighted by atomic mass is 35.5. The van der Waals surface area contributed by atoms with Crippen LogP contribution < -0.4 is 4.74 Å². The molecular weight excluding hydrogens is 414 g/mol. The van der Waals surface area contributed by atoms with Crippen molar-refractivity contribution in [3.63, 3.8) is 0 Å². The van der Waals surface area contributed by atoms with Crippen LogP contribution in [0, 0.1) is 0 Å². The number of halogens is 1. The van der Waals surface area contributed by atoms with Crippen LogP contribution >= 0.6 is 22.9 Å². The molecule has 5 heteroatoms. The van der Waals surface area contributed by atoms with E-state index in [9.17, 15) is 5.11 Å². The van der Waals surface area contributed by atoms with Crippen molar-refractivity contribution in [3.05, 3.63) is 83.5 Å². The zero-order valence-electron chi connectivity index (χ0n) is 16.6. The summed E-state index contributed by atoms with van der Waals surface area (Å²) >= 11 is 7.61. The highest BCUT2D eigenvalue weighted by Gasteiger charge is 2.14. The molecule has 0 atom stereocenters. The third-order valence-electron chi connectivity index (χ3n) is 4.74. The summed E-state index contributed by atoms with van der Waals surface area (Å²) in [5.41, 5.74) is 3.26. The van der Waals surface area contributed by atoms with Crippen molar-refractivity contribution in [2.45, 2.75) is 26.2 Å². The second-order valence-electron chi connectivity index (χ2n) is 7.03. The van der Waals surface area contributed by atoms with Gasteiger partial charge in [-0.1, -0.05) is 24.9 Å². The molecule has 4 aromatic rings. The number of ether oxygens (including phenoxy) is 1. The number of phenols is 1. The molecule has 0 radical (unpaired) electrons. The maximum absolute atomic E-state index is 9.61. The molecule has 0 saturated heterocycles. The first-order valence-corrected chi connectivity index (χ1v) is 11.1. The van der Waals surface area contributed by atoms with Crippen LogP contribution in [0.1, 0.15) is 25.5 Å². The van der Waals surface area contributed by atoms with E-state index in [2.05, 4.69) is 6.92 Å². The van der Waals surface area contributed by atoms with E-state index < -0.39 is 0 Å². The molecule has 3 nitrogen and oxygen atoms in total. The lowest BCUT2D eigenvalue weighted by Gasteiger charge is -2.06. The first kappa shape index (κ1) is 20.5. The molecule has 4 rings (SSSR count). The number of aromatic nitrogens is 1. The molecule has 1 aromatic heterocycles.